The number of imidazole rings is 1. The lowest BCUT2D eigenvalue weighted by atomic mass is 9.97. The molecule has 0 radical (unpaired) electrons. The van der Waals surface area contributed by atoms with Gasteiger partial charge in [-0.3, -0.25) is 9.59 Å². The quantitative estimate of drug-likeness (QED) is 0.432. The molecule has 6 nitrogen and oxygen atoms in total. The van der Waals surface area contributed by atoms with Crippen LogP contribution in [0.5, 0.6) is 0 Å². The van der Waals surface area contributed by atoms with Crippen molar-refractivity contribution in [3.05, 3.63) is 54.5 Å². The Hall–Kier alpha value is -2.99. The van der Waals surface area contributed by atoms with Gasteiger partial charge < -0.3 is 14.8 Å². The van der Waals surface area contributed by atoms with E-state index in [2.05, 4.69) is 52.2 Å². The van der Waals surface area contributed by atoms with Gasteiger partial charge in [0.15, 0.2) is 0 Å². The minimum Gasteiger partial charge on any atom is -0.341 e. The van der Waals surface area contributed by atoms with Crippen LogP contribution in [0.4, 0.5) is 0 Å². The molecule has 1 aromatic heterocycles. The number of ketones is 1. The second-order valence-corrected chi connectivity index (χ2v) is 9.42. The zero-order valence-corrected chi connectivity index (χ0v) is 20.4. The number of carbonyl (C=O) groups is 2. The average Bonchev–Trinajstić information content (AvgIpc) is 3.35. The highest BCUT2D eigenvalue weighted by atomic mass is 16.2. The number of nitrogens with zero attached hydrogens (tertiary/aromatic N) is 3. The molecule has 1 saturated heterocycles. The molecule has 2 aromatic carbocycles. The molecule has 4 rings (SSSR count). The Kier molecular flexibility index (Phi) is 8.12. The number of aromatic amines is 1. The number of nitrogens with one attached hydrogen (secondary N) is 1. The number of hydrogen-bond donors (Lipinski definition) is 1. The van der Waals surface area contributed by atoms with Crippen molar-refractivity contribution in [1.29, 1.82) is 0 Å². The van der Waals surface area contributed by atoms with E-state index in [4.69, 9.17) is 0 Å². The molecular formula is C28H36N4O2. The summed E-state index contributed by atoms with van der Waals surface area (Å²) in [6.07, 6.45) is 6.60. The fraction of sp³-hybridized carbons (Fsp3) is 0.464. The molecule has 1 fully saturated rings. The summed E-state index contributed by atoms with van der Waals surface area (Å²) in [6.45, 7) is 5.23. The highest BCUT2D eigenvalue weighted by Crippen LogP contribution is 2.28. The molecule has 1 unspecified atom stereocenters. The Morgan fingerprint density at radius 1 is 1.00 bits per heavy atom. The Balaban J connectivity index is 1.49. The van der Waals surface area contributed by atoms with Gasteiger partial charge in [-0.15, -0.1) is 0 Å². The van der Waals surface area contributed by atoms with E-state index in [1.807, 2.05) is 30.2 Å². The molecule has 1 aliphatic heterocycles. The second-order valence-electron chi connectivity index (χ2n) is 9.42. The van der Waals surface area contributed by atoms with Crippen molar-refractivity contribution in [3.63, 3.8) is 0 Å². The molecule has 6 heteroatoms. The van der Waals surface area contributed by atoms with Gasteiger partial charge in [-0.25, -0.2) is 4.98 Å². The summed E-state index contributed by atoms with van der Waals surface area (Å²) in [5, 5.41) is 2.39. The van der Waals surface area contributed by atoms with Crippen molar-refractivity contribution in [2.75, 3.05) is 33.2 Å². The van der Waals surface area contributed by atoms with Crippen LogP contribution in [-0.4, -0.2) is 64.7 Å². The lowest BCUT2D eigenvalue weighted by molar-refractivity contribution is -0.134. The van der Waals surface area contributed by atoms with E-state index >= 15 is 0 Å². The Bertz CT molecular complexity index is 1110. The van der Waals surface area contributed by atoms with Crippen molar-refractivity contribution < 1.29 is 9.59 Å². The Labute approximate surface area is 202 Å². The largest absolute Gasteiger partial charge is 0.341 e. The van der Waals surface area contributed by atoms with Gasteiger partial charge in [-0.1, -0.05) is 56.2 Å². The molecule has 1 aliphatic rings. The molecule has 0 spiro atoms. The lowest BCUT2D eigenvalue weighted by Gasteiger charge is -2.34. The van der Waals surface area contributed by atoms with Crippen LogP contribution in [0.1, 0.15) is 57.2 Å². The third-order valence-electron chi connectivity index (χ3n) is 6.94. The fourth-order valence-electron chi connectivity index (χ4n) is 4.67. The molecule has 1 N–H and O–H groups in total. The Morgan fingerprint density at radius 2 is 1.76 bits per heavy atom. The van der Waals surface area contributed by atoms with Gasteiger partial charge in [0.1, 0.15) is 11.6 Å². The third kappa shape index (κ3) is 5.92. The zero-order chi connectivity index (χ0) is 23.9. The van der Waals surface area contributed by atoms with E-state index in [1.165, 1.54) is 10.8 Å². The van der Waals surface area contributed by atoms with E-state index in [-0.39, 0.29) is 11.8 Å². The number of Topliss-reactive ketones (excluding diaryl/α,β-unsaturated/α-hetero) is 1. The summed E-state index contributed by atoms with van der Waals surface area (Å²) in [5.74, 6) is 0.949. The maximum Gasteiger partial charge on any atom is 0.233 e. The van der Waals surface area contributed by atoms with Crippen molar-refractivity contribution in [1.82, 2.24) is 19.8 Å². The number of unbranched alkanes of at least 4 members (excludes halogenated alkanes) is 2. The zero-order valence-electron chi connectivity index (χ0n) is 20.4. The number of fused-ring (bicyclic) bond motifs is 1. The molecule has 0 aliphatic carbocycles. The summed E-state index contributed by atoms with van der Waals surface area (Å²) < 4.78 is 0. The molecule has 3 aromatic rings. The molecular weight excluding hydrogens is 424 g/mol. The molecule has 1 atom stereocenters. The summed E-state index contributed by atoms with van der Waals surface area (Å²) in [4.78, 5) is 37.5. The van der Waals surface area contributed by atoms with E-state index in [9.17, 15) is 9.59 Å². The summed E-state index contributed by atoms with van der Waals surface area (Å²) >= 11 is 0. The number of benzene rings is 2. The van der Waals surface area contributed by atoms with Crippen LogP contribution in [0.25, 0.3) is 22.0 Å². The summed E-state index contributed by atoms with van der Waals surface area (Å²) in [6, 6.07) is 14.7. The fourth-order valence-corrected chi connectivity index (χ4v) is 4.67. The number of aromatic nitrogens is 2. The SMILES string of the molecule is CCC(=O)CCCCCC(C(=O)N1CCN(C)CC1)c1ncc(-c2ccc3ccccc3c2)[nH]1. The maximum absolute atomic E-state index is 13.5. The highest BCUT2D eigenvalue weighted by molar-refractivity contribution is 5.87. The number of piperazine rings is 1. The first-order chi connectivity index (χ1) is 16.5. The number of carbonyl (C=O) groups excluding carboxylic acids is 2. The van der Waals surface area contributed by atoms with Crippen LogP contribution in [-0.2, 0) is 9.59 Å². The van der Waals surface area contributed by atoms with Gasteiger partial charge in [0, 0.05) is 44.6 Å². The number of likely N-dealkylation sites (N-methyl/N-ethyl adjacent to an activating group) is 1. The molecule has 1 amide bonds. The topological polar surface area (TPSA) is 69.3 Å². The predicted molar refractivity (Wildman–Crippen MR) is 137 cm³/mol. The molecule has 0 bridgehead atoms. The number of rotatable bonds is 10. The first kappa shape index (κ1) is 24.1. The minimum atomic E-state index is -0.278. The van der Waals surface area contributed by atoms with Crippen LogP contribution in [0.3, 0.4) is 0 Å². The van der Waals surface area contributed by atoms with Crippen LogP contribution in [0.15, 0.2) is 48.7 Å². The summed E-state index contributed by atoms with van der Waals surface area (Å²) in [5.41, 5.74) is 2.01. The van der Waals surface area contributed by atoms with Gasteiger partial charge in [0.25, 0.3) is 0 Å². The van der Waals surface area contributed by atoms with E-state index in [0.29, 0.717) is 18.6 Å². The van der Waals surface area contributed by atoms with Gasteiger partial charge in [-0.05, 0) is 36.7 Å². The van der Waals surface area contributed by atoms with Crippen LogP contribution >= 0.6 is 0 Å². The lowest BCUT2D eigenvalue weighted by Crippen LogP contribution is -2.48. The molecule has 2 heterocycles. The first-order valence-electron chi connectivity index (χ1n) is 12.6. The van der Waals surface area contributed by atoms with Crippen LogP contribution in [0.2, 0.25) is 0 Å². The predicted octanol–water partition coefficient (Wildman–Crippen LogP) is 5.02. The monoisotopic (exact) mass is 460 g/mol. The standard InChI is InChI=1S/C28H36N4O2/c1-3-24(33)11-5-4-6-12-25(28(34)32-17-15-31(2)16-18-32)27-29-20-26(30-27)23-14-13-21-9-7-8-10-22(21)19-23/h7-10,13-14,19-20,25H,3-6,11-12,15-18H2,1-2H3,(H,29,30). The third-order valence-corrected chi connectivity index (χ3v) is 6.94. The number of hydrogen-bond acceptors (Lipinski definition) is 4. The smallest absolute Gasteiger partial charge is 0.233 e. The maximum atomic E-state index is 13.5. The van der Waals surface area contributed by atoms with E-state index in [0.717, 1.165) is 68.9 Å². The number of amides is 1. The van der Waals surface area contributed by atoms with Crippen molar-refractivity contribution in [2.24, 2.45) is 0 Å². The second kappa shape index (κ2) is 11.4. The highest BCUT2D eigenvalue weighted by Gasteiger charge is 2.29. The van der Waals surface area contributed by atoms with Gasteiger partial charge >= 0.3 is 0 Å². The van der Waals surface area contributed by atoms with E-state index < -0.39 is 0 Å². The van der Waals surface area contributed by atoms with Gasteiger partial charge in [0.05, 0.1) is 17.8 Å². The molecule has 34 heavy (non-hydrogen) atoms. The van der Waals surface area contributed by atoms with E-state index in [1.54, 1.807) is 0 Å². The van der Waals surface area contributed by atoms with Gasteiger partial charge in [0.2, 0.25) is 5.91 Å². The number of H-pyrrole nitrogens is 1. The Morgan fingerprint density at radius 3 is 2.53 bits per heavy atom. The van der Waals surface area contributed by atoms with Crippen LogP contribution in [0, 0.1) is 0 Å². The first-order valence-corrected chi connectivity index (χ1v) is 12.6. The van der Waals surface area contributed by atoms with Crippen LogP contribution < -0.4 is 0 Å². The molecule has 0 saturated carbocycles. The normalized spacial score (nSPS) is 15.5. The average molecular weight is 461 g/mol. The molecule has 180 valence electrons. The van der Waals surface area contributed by atoms with Crippen molar-refractivity contribution >= 4 is 22.5 Å². The van der Waals surface area contributed by atoms with Crippen molar-refractivity contribution in [3.8, 4) is 11.3 Å². The van der Waals surface area contributed by atoms with Crippen molar-refractivity contribution in [2.45, 2.75) is 51.4 Å². The minimum absolute atomic E-state index is 0.164. The van der Waals surface area contributed by atoms with Gasteiger partial charge in [-0.2, -0.15) is 0 Å². The summed E-state index contributed by atoms with van der Waals surface area (Å²) in [7, 11) is 2.10.